The van der Waals surface area contributed by atoms with Gasteiger partial charge in [0, 0.05) is 22.8 Å². The molecule has 0 amide bonds. The number of nitrogens with two attached hydrogens (primary N) is 4. The molecule has 1 aliphatic carbocycles. The lowest BCUT2D eigenvalue weighted by Gasteiger charge is -2.28. The highest BCUT2D eigenvalue weighted by atomic mass is 16.4. The highest BCUT2D eigenvalue weighted by Gasteiger charge is 2.34. The number of carboxylic acids is 4. The van der Waals surface area contributed by atoms with Crippen LogP contribution in [0.1, 0.15) is 47.8 Å². The Morgan fingerprint density at radius 2 is 1.02 bits per heavy atom. The van der Waals surface area contributed by atoms with Crippen molar-refractivity contribution < 1.29 is 39.6 Å². The zero-order valence-electron chi connectivity index (χ0n) is 21.2. The maximum atomic E-state index is 12.7. The van der Waals surface area contributed by atoms with Crippen LogP contribution in [0.4, 0.5) is 17.1 Å². The standard InChI is InChI=1S/C29H24N4O8/c30-19-5-1-12(9-16(19)26(34)35)15-4-8-22(33)25(29(40)41)24(15)23(13-2-6-20(31)17(10-13)27(36)37)14-3-7-21(32)18(11-14)28(38)39/h1-11,25H,30-33H2,(H,34,35)(H,36,37)(H,38,39)(H,40,41). The molecule has 12 heteroatoms. The van der Waals surface area contributed by atoms with Crippen LogP contribution in [0.3, 0.4) is 0 Å². The van der Waals surface area contributed by atoms with E-state index in [0.29, 0.717) is 0 Å². The van der Waals surface area contributed by atoms with Crippen LogP contribution in [0.2, 0.25) is 0 Å². The Hall–Kier alpha value is -6.04. The number of carbonyl (C=O) groups is 4. The summed E-state index contributed by atoms with van der Waals surface area (Å²) in [5.41, 5.74) is 23.7. The van der Waals surface area contributed by atoms with Crippen molar-refractivity contribution in [1.82, 2.24) is 0 Å². The molecule has 0 bridgehead atoms. The van der Waals surface area contributed by atoms with Gasteiger partial charge in [-0.15, -0.1) is 0 Å². The molecule has 41 heavy (non-hydrogen) atoms. The molecule has 12 nitrogen and oxygen atoms in total. The molecule has 0 saturated heterocycles. The molecule has 3 aromatic rings. The van der Waals surface area contributed by atoms with Crippen molar-refractivity contribution in [2.24, 2.45) is 11.7 Å². The Balaban J connectivity index is 2.20. The quantitative estimate of drug-likeness (QED) is 0.195. The number of benzene rings is 3. The van der Waals surface area contributed by atoms with E-state index in [4.69, 9.17) is 22.9 Å². The SMILES string of the molecule is NC1=CC=C(c2ccc(N)c(C(=O)O)c2)C(=C(c2ccc(N)c(C(=O)O)c2)c2ccc(N)c(C(=O)O)c2)C1C(=O)O. The summed E-state index contributed by atoms with van der Waals surface area (Å²) in [7, 11) is 0. The number of nitrogen functional groups attached to an aromatic ring is 3. The predicted molar refractivity (Wildman–Crippen MR) is 151 cm³/mol. The topological polar surface area (TPSA) is 253 Å². The first-order chi connectivity index (χ1) is 19.3. The molecule has 0 aliphatic heterocycles. The first kappa shape index (κ1) is 28.0. The van der Waals surface area contributed by atoms with Gasteiger partial charge in [0.25, 0.3) is 0 Å². The van der Waals surface area contributed by atoms with E-state index >= 15 is 0 Å². The van der Waals surface area contributed by atoms with Crippen LogP contribution in [0, 0.1) is 5.92 Å². The zero-order chi connectivity index (χ0) is 30.2. The Kier molecular flexibility index (Phi) is 7.24. The normalized spacial score (nSPS) is 14.5. The summed E-state index contributed by atoms with van der Waals surface area (Å²) in [6.07, 6.45) is 2.86. The Labute approximate surface area is 232 Å². The van der Waals surface area contributed by atoms with Crippen LogP contribution < -0.4 is 22.9 Å². The molecule has 0 saturated carbocycles. The minimum Gasteiger partial charge on any atom is -0.480 e. The fourth-order valence-electron chi connectivity index (χ4n) is 4.67. The summed E-state index contributed by atoms with van der Waals surface area (Å²) in [6, 6.07) is 12.1. The third-order valence-corrected chi connectivity index (χ3v) is 6.61. The van der Waals surface area contributed by atoms with Crippen molar-refractivity contribution in [2.75, 3.05) is 17.2 Å². The molecule has 1 unspecified atom stereocenters. The van der Waals surface area contributed by atoms with Crippen molar-refractivity contribution in [2.45, 2.75) is 0 Å². The van der Waals surface area contributed by atoms with Gasteiger partial charge in [-0.1, -0.05) is 24.3 Å². The van der Waals surface area contributed by atoms with Crippen LogP contribution in [0.15, 0.2) is 78.0 Å². The van der Waals surface area contributed by atoms with E-state index in [1.165, 1.54) is 66.7 Å². The molecule has 3 aromatic carbocycles. The van der Waals surface area contributed by atoms with Gasteiger partial charge in [0.1, 0.15) is 5.92 Å². The van der Waals surface area contributed by atoms with Crippen molar-refractivity contribution in [1.29, 1.82) is 0 Å². The smallest absolute Gasteiger partial charge is 0.337 e. The maximum absolute atomic E-state index is 12.7. The van der Waals surface area contributed by atoms with E-state index in [0.717, 1.165) is 0 Å². The van der Waals surface area contributed by atoms with Crippen molar-refractivity contribution in [3.8, 4) is 0 Å². The van der Waals surface area contributed by atoms with Crippen molar-refractivity contribution in [3.63, 3.8) is 0 Å². The summed E-state index contributed by atoms with van der Waals surface area (Å²) in [5.74, 6) is -6.89. The lowest BCUT2D eigenvalue weighted by atomic mass is 9.76. The molecule has 1 atom stereocenters. The molecule has 0 fully saturated rings. The molecule has 0 radical (unpaired) electrons. The van der Waals surface area contributed by atoms with Gasteiger partial charge in [0.05, 0.1) is 16.7 Å². The number of allylic oxidation sites excluding steroid dienone is 3. The summed E-state index contributed by atoms with van der Waals surface area (Å²) in [4.78, 5) is 48.4. The molecule has 12 N–H and O–H groups in total. The molecule has 0 heterocycles. The third-order valence-electron chi connectivity index (χ3n) is 6.61. The number of rotatable bonds is 7. The lowest BCUT2D eigenvalue weighted by Crippen LogP contribution is -2.27. The second-order valence-corrected chi connectivity index (χ2v) is 9.13. The van der Waals surface area contributed by atoms with Gasteiger partial charge in [-0.2, -0.15) is 0 Å². The van der Waals surface area contributed by atoms with Crippen molar-refractivity contribution in [3.05, 3.63) is 111 Å². The van der Waals surface area contributed by atoms with Crippen molar-refractivity contribution >= 4 is 52.1 Å². The largest absolute Gasteiger partial charge is 0.480 e. The predicted octanol–water partition coefficient (Wildman–Crippen LogP) is 2.97. The summed E-state index contributed by atoms with van der Waals surface area (Å²) in [6.45, 7) is 0. The fourth-order valence-corrected chi connectivity index (χ4v) is 4.67. The van der Waals surface area contributed by atoms with Gasteiger partial charge in [-0.05, 0) is 75.9 Å². The molecule has 0 spiro atoms. The van der Waals surface area contributed by atoms with E-state index in [1.54, 1.807) is 0 Å². The van der Waals surface area contributed by atoms with E-state index in [2.05, 4.69) is 0 Å². The highest BCUT2D eigenvalue weighted by Crippen LogP contribution is 2.44. The average Bonchev–Trinajstić information content (AvgIpc) is 2.90. The van der Waals surface area contributed by atoms with Crippen LogP contribution in [0.5, 0.6) is 0 Å². The minimum absolute atomic E-state index is 0.0254. The number of hydrogen-bond donors (Lipinski definition) is 8. The lowest BCUT2D eigenvalue weighted by molar-refractivity contribution is -0.139. The van der Waals surface area contributed by atoms with E-state index in [9.17, 15) is 39.6 Å². The van der Waals surface area contributed by atoms with E-state index in [-0.39, 0.29) is 72.9 Å². The van der Waals surface area contributed by atoms with Gasteiger partial charge < -0.3 is 43.4 Å². The third kappa shape index (κ3) is 5.16. The van der Waals surface area contributed by atoms with Gasteiger partial charge in [-0.3, -0.25) is 4.79 Å². The van der Waals surface area contributed by atoms with Gasteiger partial charge in [-0.25, -0.2) is 14.4 Å². The molecular formula is C29H24N4O8. The number of hydrogen-bond acceptors (Lipinski definition) is 8. The van der Waals surface area contributed by atoms with Crippen LogP contribution in [0.25, 0.3) is 11.1 Å². The zero-order valence-corrected chi connectivity index (χ0v) is 21.2. The summed E-state index contributed by atoms with van der Waals surface area (Å²) in [5, 5.41) is 39.4. The number of aliphatic carboxylic acids is 1. The Morgan fingerprint density at radius 3 is 1.46 bits per heavy atom. The first-order valence-electron chi connectivity index (χ1n) is 11.9. The number of carboxylic acid groups (broad SMARTS) is 4. The summed E-state index contributed by atoms with van der Waals surface area (Å²) < 4.78 is 0. The van der Waals surface area contributed by atoms with Gasteiger partial charge in [0.15, 0.2) is 0 Å². The van der Waals surface area contributed by atoms with Crippen LogP contribution in [-0.2, 0) is 4.79 Å². The second kappa shape index (κ2) is 10.6. The number of aromatic carboxylic acids is 3. The monoisotopic (exact) mass is 556 g/mol. The van der Waals surface area contributed by atoms with Gasteiger partial charge in [0.2, 0.25) is 0 Å². The second-order valence-electron chi connectivity index (χ2n) is 9.13. The van der Waals surface area contributed by atoms with Crippen LogP contribution in [-0.4, -0.2) is 44.3 Å². The van der Waals surface area contributed by atoms with Crippen LogP contribution >= 0.6 is 0 Å². The molecule has 0 aromatic heterocycles. The average molecular weight is 557 g/mol. The number of anilines is 3. The fraction of sp³-hybridized carbons (Fsp3) is 0.0345. The molecule has 1 aliphatic rings. The molecule has 208 valence electrons. The molecular weight excluding hydrogens is 532 g/mol. The highest BCUT2D eigenvalue weighted by molar-refractivity contribution is 6.05. The Morgan fingerprint density at radius 1 is 0.585 bits per heavy atom. The molecule has 4 rings (SSSR count). The maximum Gasteiger partial charge on any atom is 0.337 e. The summed E-state index contributed by atoms with van der Waals surface area (Å²) >= 11 is 0. The van der Waals surface area contributed by atoms with E-state index in [1.807, 2.05) is 0 Å². The van der Waals surface area contributed by atoms with Gasteiger partial charge >= 0.3 is 23.9 Å². The van der Waals surface area contributed by atoms with E-state index < -0.39 is 29.8 Å². The first-order valence-corrected chi connectivity index (χ1v) is 11.9. The minimum atomic E-state index is -1.51. The Bertz CT molecular complexity index is 1690.